The molecule has 0 aliphatic rings. The third-order valence-electron chi connectivity index (χ3n) is 4.05. The van der Waals surface area contributed by atoms with Crippen LogP contribution < -0.4 is 15.2 Å². The van der Waals surface area contributed by atoms with Gasteiger partial charge in [-0.1, -0.05) is 33.8 Å². The summed E-state index contributed by atoms with van der Waals surface area (Å²) in [5.74, 6) is -2.34. The van der Waals surface area contributed by atoms with Crippen LogP contribution in [0.5, 0.6) is 11.5 Å². The number of methoxy groups -OCH3 is 1. The SMILES string of the molecule is COC(=O)O[C@@H](C)COC(=O)[C@@H](N)Cc1ccc(OC(=O)C(C)C)c(OC(=O)C(C)C)c1. The van der Waals surface area contributed by atoms with Gasteiger partial charge in [-0.3, -0.25) is 14.4 Å². The van der Waals surface area contributed by atoms with Gasteiger partial charge < -0.3 is 29.4 Å². The predicted octanol–water partition coefficient (Wildman–Crippen LogP) is 2.39. The van der Waals surface area contributed by atoms with Crippen molar-refractivity contribution in [1.82, 2.24) is 0 Å². The topological polar surface area (TPSA) is 140 Å². The highest BCUT2D eigenvalue weighted by Gasteiger charge is 2.22. The highest BCUT2D eigenvalue weighted by molar-refractivity contribution is 5.78. The van der Waals surface area contributed by atoms with Crippen molar-refractivity contribution in [2.24, 2.45) is 17.6 Å². The van der Waals surface area contributed by atoms with E-state index < -0.39 is 42.1 Å². The summed E-state index contributed by atoms with van der Waals surface area (Å²) in [6, 6.07) is 3.53. The number of carbonyl (C=O) groups is 4. The van der Waals surface area contributed by atoms with Gasteiger partial charge in [-0.2, -0.15) is 0 Å². The first-order chi connectivity index (χ1) is 14.9. The van der Waals surface area contributed by atoms with E-state index in [2.05, 4.69) is 4.74 Å². The van der Waals surface area contributed by atoms with Gasteiger partial charge in [0.25, 0.3) is 0 Å². The summed E-state index contributed by atoms with van der Waals surface area (Å²) < 4.78 is 24.9. The second kappa shape index (κ2) is 12.7. The lowest BCUT2D eigenvalue weighted by Gasteiger charge is -2.17. The van der Waals surface area contributed by atoms with Crippen LogP contribution in [0.3, 0.4) is 0 Å². The van der Waals surface area contributed by atoms with E-state index in [0.717, 1.165) is 0 Å². The van der Waals surface area contributed by atoms with E-state index in [-0.39, 0.29) is 30.4 Å². The first-order valence-corrected chi connectivity index (χ1v) is 10.2. The van der Waals surface area contributed by atoms with E-state index in [1.807, 2.05) is 0 Å². The Kier molecular flexibility index (Phi) is 10.6. The average Bonchev–Trinajstić information content (AvgIpc) is 2.73. The van der Waals surface area contributed by atoms with E-state index in [1.165, 1.54) is 26.2 Å². The zero-order chi connectivity index (χ0) is 24.4. The maximum atomic E-state index is 12.2. The van der Waals surface area contributed by atoms with E-state index in [1.54, 1.807) is 33.8 Å². The molecule has 0 unspecified atom stereocenters. The Morgan fingerprint density at radius 1 is 0.875 bits per heavy atom. The monoisotopic (exact) mass is 453 g/mol. The molecule has 0 fully saturated rings. The molecule has 0 aliphatic carbocycles. The third-order valence-corrected chi connectivity index (χ3v) is 4.05. The first kappa shape index (κ1) is 26.9. The summed E-state index contributed by atoms with van der Waals surface area (Å²) in [6.45, 7) is 8.04. The second-order valence-electron chi connectivity index (χ2n) is 7.76. The number of esters is 3. The quantitative estimate of drug-likeness (QED) is 0.415. The molecule has 0 amide bonds. The predicted molar refractivity (Wildman–Crippen MR) is 113 cm³/mol. The van der Waals surface area contributed by atoms with Gasteiger partial charge in [0.1, 0.15) is 18.8 Å². The van der Waals surface area contributed by atoms with Crippen LogP contribution in [0.4, 0.5) is 4.79 Å². The van der Waals surface area contributed by atoms with Gasteiger partial charge in [-0.05, 0) is 31.0 Å². The highest BCUT2D eigenvalue weighted by atomic mass is 16.7. The van der Waals surface area contributed by atoms with Crippen molar-refractivity contribution in [3.8, 4) is 11.5 Å². The van der Waals surface area contributed by atoms with Crippen molar-refractivity contribution >= 4 is 24.1 Å². The van der Waals surface area contributed by atoms with Gasteiger partial charge >= 0.3 is 24.1 Å². The van der Waals surface area contributed by atoms with Crippen molar-refractivity contribution in [1.29, 1.82) is 0 Å². The van der Waals surface area contributed by atoms with Crippen LogP contribution in [-0.2, 0) is 35.0 Å². The summed E-state index contributed by atoms with van der Waals surface area (Å²) in [5.41, 5.74) is 6.48. The number of benzene rings is 1. The fraction of sp³-hybridized carbons (Fsp3) is 0.545. The maximum Gasteiger partial charge on any atom is 0.508 e. The molecule has 0 saturated carbocycles. The molecule has 0 radical (unpaired) electrons. The smallest absolute Gasteiger partial charge is 0.461 e. The van der Waals surface area contributed by atoms with E-state index >= 15 is 0 Å². The molecule has 0 aliphatic heterocycles. The Morgan fingerprint density at radius 2 is 1.44 bits per heavy atom. The molecule has 10 heteroatoms. The molecule has 0 aromatic heterocycles. The molecule has 2 atom stereocenters. The number of hydrogen-bond acceptors (Lipinski definition) is 10. The number of rotatable bonds is 10. The Bertz CT molecular complexity index is 820. The number of ether oxygens (including phenoxy) is 5. The molecule has 32 heavy (non-hydrogen) atoms. The van der Waals surface area contributed by atoms with Crippen LogP contribution in [0, 0.1) is 11.8 Å². The van der Waals surface area contributed by atoms with Crippen LogP contribution in [0.15, 0.2) is 18.2 Å². The minimum atomic E-state index is -1.03. The lowest BCUT2D eigenvalue weighted by molar-refractivity contribution is -0.148. The largest absolute Gasteiger partial charge is 0.508 e. The van der Waals surface area contributed by atoms with Gasteiger partial charge in [0.05, 0.1) is 18.9 Å². The fourth-order valence-corrected chi connectivity index (χ4v) is 2.19. The van der Waals surface area contributed by atoms with Crippen LogP contribution in [0.1, 0.15) is 40.2 Å². The lowest BCUT2D eigenvalue weighted by Crippen LogP contribution is -2.36. The summed E-state index contributed by atoms with van der Waals surface area (Å²) in [7, 11) is 1.17. The molecule has 1 aromatic rings. The minimum absolute atomic E-state index is 0.0517. The van der Waals surface area contributed by atoms with Crippen LogP contribution >= 0.6 is 0 Å². The van der Waals surface area contributed by atoms with E-state index in [9.17, 15) is 19.2 Å². The van der Waals surface area contributed by atoms with Crippen LogP contribution in [0.25, 0.3) is 0 Å². The van der Waals surface area contributed by atoms with Crippen molar-refractivity contribution in [3.63, 3.8) is 0 Å². The van der Waals surface area contributed by atoms with Gasteiger partial charge in [0.15, 0.2) is 11.5 Å². The molecule has 10 nitrogen and oxygen atoms in total. The van der Waals surface area contributed by atoms with Crippen LogP contribution in [-0.4, -0.2) is 49.9 Å². The second-order valence-corrected chi connectivity index (χ2v) is 7.76. The Labute approximate surface area is 187 Å². The highest BCUT2D eigenvalue weighted by Crippen LogP contribution is 2.30. The summed E-state index contributed by atoms with van der Waals surface area (Å²) in [4.78, 5) is 47.3. The molecular weight excluding hydrogens is 422 g/mol. The molecule has 0 saturated heterocycles. The van der Waals surface area contributed by atoms with Gasteiger partial charge in [-0.15, -0.1) is 0 Å². The van der Waals surface area contributed by atoms with Crippen molar-refractivity contribution < 1.29 is 42.9 Å². The zero-order valence-electron chi connectivity index (χ0n) is 19.2. The third kappa shape index (κ3) is 8.93. The van der Waals surface area contributed by atoms with Crippen molar-refractivity contribution in [2.45, 2.75) is 53.2 Å². The number of carbonyl (C=O) groups excluding carboxylic acids is 4. The normalized spacial score (nSPS) is 12.7. The molecule has 0 bridgehead atoms. The average molecular weight is 453 g/mol. The van der Waals surface area contributed by atoms with E-state index in [4.69, 9.17) is 24.7 Å². The molecule has 0 heterocycles. The molecular formula is C22H31NO9. The first-order valence-electron chi connectivity index (χ1n) is 10.2. The maximum absolute atomic E-state index is 12.2. The number of hydrogen-bond donors (Lipinski definition) is 1. The Morgan fingerprint density at radius 3 is 1.97 bits per heavy atom. The van der Waals surface area contributed by atoms with Gasteiger partial charge in [0.2, 0.25) is 0 Å². The molecule has 178 valence electrons. The molecule has 0 spiro atoms. The summed E-state index contributed by atoms with van der Waals surface area (Å²) >= 11 is 0. The van der Waals surface area contributed by atoms with Gasteiger partial charge in [-0.25, -0.2) is 4.79 Å². The van der Waals surface area contributed by atoms with E-state index in [0.29, 0.717) is 5.56 Å². The Hall–Kier alpha value is -3.14. The van der Waals surface area contributed by atoms with Crippen molar-refractivity contribution in [3.05, 3.63) is 23.8 Å². The van der Waals surface area contributed by atoms with Crippen LogP contribution in [0.2, 0.25) is 0 Å². The molecule has 1 rings (SSSR count). The zero-order valence-corrected chi connectivity index (χ0v) is 19.2. The summed E-state index contributed by atoms with van der Waals surface area (Å²) in [5, 5.41) is 0. The minimum Gasteiger partial charge on any atom is -0.461 e. The van der Waals surface area contributed by atoms with Crippen molar-refractivity contribution in [2.75, 3.05) is 13.7 Å². The fourth-order valence-electron chi connectivity index (χ4n) is 2.19. The molecule has 2 N–H and O–H groups in total. The lowest BCUT2D eigenvalue weighted by atomic mass is 10.1. The number of nitrogens with two attached hydrogens (primary N) is 1. The standard InChI is InChI=1S/C22H31NO9/c1-12(2)19(24)31-17-8-7-15(10-18(17)32-20(25)13(3)4)9-16(23)21(26)29-11-14(5)30-22(27)28-6/h7-8,10,12-14,16H,9,11,23H2,1-6H3/t14-,16-/m0/s1. The Balaban J connectivity index is 2.88. The summed E-state index contributed by atoms with van der Waals surface area (Å²) in [6.07, 6.45) is -1.54. The van der Waals surface area contributed by atoms with Gasteiger partial charge in [0, 0.05) is 0 Å². The molecule has 1 aromatic carbocycles.